The van der Waals surface area contributed by atoms with Gasteiger partial charge in [-0.15, -0.1) is 11.3 Å². The molecule has 0 saturated carbocycles. The average molecular weight is 264 g/mol. The van der Waals surface area contributed by atoms with Gasteiger partial charge < -0.3 is 10.2 Å². The number of fused-ring (bicyclic) bond motifs is 1. The van der Waals surface area contributed by atoms with Crippen molar-refractivity contribution in [2.24, 2.45) is 0 Å². The van der Waals surface area contributed by atoms with Crippen LogP contribution in [0, 0.1) is 0 Å². The predicted molar refractivity (Wildman–Crippen MR) is 73.8 cm³/mol. The third kappa shape index (κ3) is 2.43. The summed E-state index contributed by atoms with van der Waals surface area (Å²) in [6.07, 6.45) is 1.52. The van der Waals surface area contributed by atoms with E-state index in [1.807, 2.05) is 25.3 Å². The highest BCUT2D eigenvalue weighted by atomic mass is 32.1. The number of aromatic nitrogens is 2. The first-order chi connectivity index (χ1) is 8.63. The fourth-order valence-corrected chi connectivity index (χ4v) is 2.39. The zero-order valence-corrected chi connectivity index (χ0v) is 11.5. The monoisotopic (exact) mass is 264 g/mol. The zero-order valence-electron chi connectivity index (χ0n) is 10.7. The van der Waals surface area contributed by atoms with E-state index in [2.05, 4.69) is 15.3 Å². The Bertz CT molecular complexity index is 554. The Morgan fingerprint density at radius 3 is 3.06 bits per heavy atom. The molecule has 0 aromatic carbocycles. The van der Waals surface area contributed by atoms with Crippen LogP contribution >= 0.6 is 11.3 Å². The van der Waals surface area contributed by atoms with Crippen molar-refractivity contribution in [3.63, 3.8) is 0 Å². The molecule has 96 valence electrons. The molecule has 6 heteroatoms. The van der Waals surface area contributed by atoms with Gasteiger partial charge in [-0.2, -0.15) is 0 Å². The van der Waals surface area contributed by atoms with Crippen LogP contribution in [0.25, 0.3) is 10.2 Å². The molecule has 0 bridgehead atoms. The van der Waals surface area contributed by atoms with E-state index < -0.39 is 0 Å². The van der Waals surface area contributed by atoms with Crippen molar-refractivity contribution in [3.05, 3.63) is 17.8 Å². The number of nitrogens with one attached hydrogen (secondary N) is 1. The first-order valence-electron chi connectivity index (χ1n) is 5.83. The SMILES string of the molecule is CCN(C)C(=O)C(C)Nc1ncnc2sccc12. The molecule has 2 aromatic rings. The number of amides is 1. The van der Waals surface area contributed by atoms with Gasteiger partial charge >= 0.3 is 0 Å². The van der Waals surface area contributed by atoms with E-state index in [0.29, 0.717) is 12.4 Å². The van der Waals surface area contributed by atoms with E-state index in [9.17, 15) is 4.79 Å². The van der Waals surface area contributed by atoms with Crippen LogP contribution in [0.3, 0.4) is 0 Å². The van der Waals surface area contributed by atoms with Crippen molar-refractivity contribution >= 4 is 33.3 Å². The Morgan fingerprint density at radius 1 is 1.56 bits per heavy atom. The van der Waals surface area contributed by atoms with E-state index in [1.54, 1.807) is 23.3 Å². The Balaban J connectivity index is 2.18. The number of hydrogen-bond acceptors (Lipinski definition) is 5. The summed E-state index contributed by atoms with van der Waals surface area (Å²) < 4.78 is 0. The Morgan fingerprint density at radius 2 is 2.33 bits per heavy atom. The smallest absolute Gasteiger partial charge is 0.244 e. The van der Waals surface area contributed by atoms with Gasteiger partial charge in [0.05, 0.1) is 5.39 Å². The van der Waals surface area contributed by atoms with Crippen LogP contribution in [0.15, 0.2) is 17.8 Å². The highest BCUT2D eigenvalue weighted by molar-refractivity contribution is 7.16. The van der Waals surface area contributed by atoms with Crippen LogP contribution in [-0.2, 0) is 4.79 Å². The van der Waals surface area contributed by atoms with Crippen LogP contribution in [-0.4, -0.2) is 40.4 Å². The second kappa shape index (κ2) is 5.30. The van der Waals surface area contributed by atoms with Gasteiger partial charge in [0.25, 0.3) is 0 Å². The van der Waals surface area contributed by atoms with Crippen LogP contribution in [0.1, 0.15) is 13.8 Å². The quantitative estimate of drug-likeness (QED) is 0.917. The Kier molecular flexibility index (Phi) is 3.76. The maximum atomic E-state index is 12.0. The summed E-state index contributed by atoms with van der Waals surface area (Å²) in [6, 6.07) is 1.66. The fourth-order valence-electron chi connectivity index (χ4n) is 1.66. The number of rotatable bonds is 4. The normalized spacial score (nSPS) is 12.4. The van der Waals surface area contributed by atoms with Crippen molar-refractivity contribution in [1.29, 1.82) is 0 Å². The summed E-state index contributed by atoms with van der Waals surface area (Å²) >= 11 is 1.56. The number of carbonyl (C=O) groups excluding carboxylic acids is 1. The largest absolute Gasteiger partial charge is 0.358 e. The standard InChI is InChI=1S/C12H16N4OS/c1-4-16(3)12(17)8(2)15-10-9-5-6-18-11(9)14-7-13-10/h5-8H,4H2,1-3H3,(H,13,14,15). The molecule has 1 amide bonds. The highest BCUT2D eigenvalue weighted by Gasteiger charge is 2.17. The molecular weight excluding hydrogens is 248 g/mol. The van der Waals surface area contributed by atoms with Crippen LogP contribution in [0.4, 0.5) is 5.82 Å². The van der Waals surface area contributed by atoms with Crippen LogP contribution in [0.5, 0.6) is 0 Å². The lowest BCUT2D eigenvalue weighted by Crippen LogP contribution is -2.39. The maximum Gasteiger partial charge on any atom is 0.244 e. The third-order valence-corrected chi connectivity index (χ3v) is 3.66. The molecule has 0 aliphatic heterocycles. The number of hydrogen-bond donors (Lipinski definition) is 1. The Labute approximate surface area is 110 Å². The summed E-state index contributed by atoms with van der Waals surface area (Å²) in [4.78, 5) is 23.0. The van der Waals surface area contributed by atoms with E-state index in [4.69, 9.17) is 0 Å². The summed E-state index contributed by atoms with van der Waals surface area (Å²) in [6.45, 7) is 4.49. The van der Waals surface area contributed by atoms with Gasteiger partial charge in [-0.25, -0.2) is 9.97 Å². The Hall–Kier alpha value is -1.69. The van der Waals surface area contributed by atoms with E-state index in [-0.39, 0.29) is 11.9 Å². The maximum absolute atomic E-state index is 12.0. The third-order valence-electron chi connectivity index (χ3n) is 2.84. The van der Waals surface area contributed by atoms with E-state index >= 15 is 0 Å². The summed E-state index contributed by atoms with van der Waals surface area (Å²) in [5.74, 6) is 0.770. The number of nitrogens with zero attached hydrogens (tertiary/aromatic N) is 3. The number of anilines is 1. The minimum absolute atomic E-state index is 0.0551. The first kappa shape index (κ1) is 12.8. The summed E-state index contributed by atoms with van der Waals surface area (Å²) in [7, 11) is 1.79. The van der Waals surface area contributed by atoms with Gasteiger partial charge in [0.1, 0.15) is 23.0 Å². The molecule has 0 fully saturated rings. The lowest BCUT2D eigenvalue weighted by Gasteiger charge is -2.21. The zero-order chi connectivity index (χ0) is 13.1. The molecule has 2 rings (SSSR count). The molecule has 5 nitrogen and oxygen atoms in total. The molecule has 0 radical (unpaired) electrons. The van der Waals surface area contributed by atoms with E-state index in [1.165, 1.54) is 6.33 Å². The second-order valence-corrected chi connectivity index (χ2v) is 4.97. The van der Waals surface area contributed by atoms with Crippen molar-refractivity contribution in [3.8, 4) is 0 Å². The van der Waals surface area contributed by atoms with Gasteiger partial charge in [0.15, 0.2) is 0 Å². The summed E-state index contributed by atoms with van der Waals surface area (Å²) in [5, 5.41) is 6.08. The molecule has 1 unspecified atom stereocenters. The lowest BCUT2D eigenvalue weighted by atomic mass is 10.2. The van der Waals surface area contributed by atoms with Gasteiger partial charge in [-0.1, -0.05) is 0 Å². The highest BCUT2D eigenvalue weighted by Crippen LogP contribution is 2.24. The first-order valence-corrected chi connectivity index (χ1v) is 6.71. The molecule has 18 heavy (non-hydrogen) atoms. The van der Waals surface area contributed by atoms with Crippen molar-refractivity contribution in [2.45, 2.75) is 19.9 Å². The predicted octanol–water partition coefficient (Wildman–Crippen LogP) is 1.97. The number of carbonyl (C=O) groups is 1. The van der Waals surface area contributed by atoms with Gasteiger partial charge in [0, 0.05) is 13.6 Å². The molecule has 0 spiro atoms. The molecule has 0 saturated heterocycles. The lowest BCUT2D eigenvalue weighted by molar-refractivity contribution is -0.130. The van der Waals surface area contributed by atoms with Crippen molar-refractivity contribution in [1.82, 2.24) is 14.9 Å². The second-order valence-electron chi connectivity index (χ2n) is 4.08. The molecule has 2 heterocycles. The van der Waals surface area contributed by atoms with Gasteiger partial charge in [-0.05, 0) is 25.3 Å². The molecule has 0 aliphatic rings. The minimum atomic E-state index is -0.298. The molecular formula is C12H16N4OS. The van der Waals surface area contributed by atoms with Crippen molar-refractivity contribution < 1.29 is 4.79 Å². The topological polar surface area (TPSA) is 58.1 Å². The number of likely N-dealkylation sites (N-methyl/N-ethyl adjacent to an activating group) is 1. The average Bonchev–Trinajstić information content (AvgIpc) is 2.86. The fraction of sp³-hybridized carbons (Fsp3) is 0.417. The molecule has 1 atom stereocenters. The van der Waals surface area contributed by atoms with Gasteiger partial charge in [-0.3, -0.25) is 4.79 Å². The summed E-state index contributed by atoms with van der Waals surface area (Å²) in [5.41, 5.74) is 0. The molecule has 2 aromatic heterocycles. The molecule has 0 aliphatic carbocycles. The molecule has 1 N–H and O–H groups in total. The van der Waals surface area contributed by atoms with Crippen LogP contribution < -0.4 is 5.32 Å². The van der Waals surface area contributed by atoms with Gasteiger partial charge in [0.2, 0.25) is 5.91 Å². The number of thiophene rings is 1. The van der Waals surface area contributed by atoms with Crippen molar-refractivity contribution in [2.75, 3.05) is 18.9 Å². The van der Waals surface area contributed by atoms with E-state index in [0.717, 1.165) is 10.2 Å². The minimum Gasteiger partial charge on any atom is -0.358 e. The van der Waals surface area contributed by atoms with Crippen LogP contribution in [0.2, 0.25) is 0 Å².